The summed E-state index contributed by atoms with van der Waals surface area (Å²) >= 11 is 0. The molecule has 0 aliphatic heterocycles. The van der Waals surface area contributed by atoms with E-state index >= 15 is 0 Å². The monoisotopic (exact) mass is 643 g/mol. The third-order valence-electron chi connectivity index (χ3n) is 10.5. The minimum atomic E-state index is 0.502. The van der Waals surface area contributed by atoms with Crippen molar-refractivity contribution in [3.05, 3.63) is 156 Å². The Labute approximate surface area is 290 Å². The lowest BCUT2D eigenvalue weighted by Gasteiger charge is -2.20. The van der Waals surface area contributed by atoms with Gasteiger partial charge in [0.15, 0.2) is 17.5 Å². The molecule has 0 amide bonds. The first-order valence-corrected chi connectivity index (χ1v) is 17.5. The van der Waals surface area contributed by atoms with Crippen molar-refractivity contribution >= 4 is 28.0 Å². The average molecular weight is 644 g/mol. The van der Waals surface area contributed by atoms with Crippen molar-refractivity contribution in [1.29, 1.82) is 0 Å². The summed E-state index contributed by atoms with van der Waals surface area (Å²) in [6, 6.07) is 45.1. The molecule has 0 saturated heterocycles. The number of nitrogens with zero attached hydrogens (tertiary/aromatic N) is 3. The molecule has 238 valence electrons. The third kappa shape index (κ3) is 4.79. The van der Waals surface area contributed by atoms with E-state index in [1.807, 2.05) is 30.3 Å². The van der Waals surface area contributed by atoms with Crippen LogP contribution in [0.1, 0.15) is 41.5 Å². The first-order valence-electron chi connectivity index (χ1n) is 17.5. The van der Waals surface area contributed by atoms with Crippen LogP contribution in [0.5, 0.6) is 0 Å². The smallest absolute Gasteiger partial charge is 0.164 e. The number of hydrogen-bond acceptors (Lipinski definition) is 4. The number of aryl methyl sites for hydroxylation is 2. The highest BCUT2D eigenvalue weighted by Crippen LogP contribution is 2.41. The maximum atomic E-state index is 6.46. The zero-order chi connectivity index (χ0) is 33.2. The Morgan fingerprint density at radius 1 is 0.540 bits per heavy atom. The lowest BCUT2D eigenvalue weighted by atomic mass is 9.85. The van der Waals surface area contributed by atoms with E-state index in [9.17, 15) is 0 Å². The quantitative estimate of drug-likeness (QED) is 0.191. The summed E-state index contributed by atoms with van der Waals surface area (Å²) in [4.78, 5) is 15.4. The van der Waals surface area contributed by atoms with Crippen LogP contribution in [0.15, 0.2) is 138 Å². The molecule has 0 fully saturated rings. The molecule has 2 aromatic heterocycles. The van der Waals surface area contributed by atoms with Crippen molar-refractivity contribution in [1.82, 2.24) is 15.0 Å². The summed E-state index contributed by atoms with van der Waals surface area (Å²) in [5, 5.41) is 2.06. The van der Waals surface area contributed by atoms with Crippen LogP contribution in [0.3, 0.4) is 0 Å². The van der Waals surface area contributed by atoms with Gasteiger partial charge in [-0.3, -0.25) is 0 Å². The number of allylic oxidation sites excluding steroid dienone is 1. The van der Waals surface area contributed by atoms with Crippen LogP contribution in [0.25, 0.3) is 84.4 Å². The van der Waals surface area contributed by atoms with E-state index in [1.165, 1.54) is 38.9 Å². The Bertz CT molecular complexity index is 2650. The molecule has 50 heavy (non-hydrogen) atoms. The number of aromatic nitrogens is 3. The van der Waals surface area contributed by atoms with E-state index in [1.54, 1.807) is 0 Å². The minimum absolute atomic E-state index is 0.502. The minimum Gasteiger partial charge on any atom is -0.456 e. The van der Waals surface area contributed by atoms with Gasteiger partial charge in [-0.05, 0) is 94.0 Å². The predicted molar refractivity (Wildman–Crippen MR) is 204 cm³/mol. The first-order chi connectivity index (χ1) is 24.7. The summed E-state index contributed by atoms with van der Waals surface area (Å²) < 4.78 is 6.46. The second-order valence-electron chi connectivity index (χ2n) is 13.6. The van der Waals surface area contributed by atoms with Crippen molar-refractivity contribution < 1.29 is 4.42 Å². The number of rotatable bonds is 4. The maximum absolute atomic E-state index is 6.46. The van der Waals surface area contributed by atoms with E-state index in [2.05, 4.69) is 116 Å². The molecule has 0 radical (unpaired) electrons. The predicted octanol–water partition coefficient (Wildman–Crippen LogP) is 11.7. The molecule has 2 aliphatic carbocycles. The summed E-state index contributed by atoms with van der Waals surface area (Å²) in [6.45, 7) is 2.31. The zero-order valence-corrected chi connectivity index (χ0v) is 27.7. The van der Waals surface area contributed by atoms with Crippen LogP contribution in [0.2, 0.25) is 0 Å². The molecular formula is C46H33N3O. The molecule has 0 spiro atoms. The summed E-state index contributed by atoms with van der Waals surface area (Å²) in [5.74, 6) is 2.43. The molecule has 2 heterocycles. The highest BCUT2D eigenvalue weighted by atomic mass is 16.3. The highest BCUT2D eigenvalue weighted by molar-refractivity contribution is 6.12. The van der Waals surface area contributed by atoms with E-state index in [0.29, 0.717) is 23.4 Å². The Balaban J connectivity index is 1.16. The van der Waals surface area contributed by atoms with Crippen LogP contribution in [0, 0.1) is 0 Å². The zero-order valence-electron chi connectivity index (χ0n) is 27.7. The lowest BCUT2D eigenvalue weighted by Crippen LogP contribution is -2.05. The van der Waals surface area contributed by atoms with Gasteiger partial charge in [0.1, 0.15) is 11.2 Å². The van der Waals surface area contributed by atoms with Gasteiger partial charge in [0.2, 0.25) is 0 Å². The van der Waals surface area contributed by atoms with Crippen LogP contribution < -0.4 is 0 Å². The maximum Gasteiger partial charge on any atom is 0.164 e. The Morgan fingerprint density at radius 2 is 1.26 bits per heavy atom. The van der Waals surface area contributed by atoms with Gasteiger partial charge in [0, 0.05) is 27.5 Å². The molecule has 0 N–H and O–H groups in total. The SMILES string of the molecule is CC1CC=Cc2ccc(-c3ccc4oc5cccc(-c6nc(-c7ccccc7)nc(-c7ccc8c(c7)-c7ccccc7CC8)n6)c5c4c3)cc21. The van der Waals surface area contributed by atoms with Crippen LogP contribution >= 0.6 is 0 Å². The molecule has 0 saturated carbocycles. The van der Waals surface area contributed by atoms with Crippen LogP contribution in [0.4, 0.5) is 0 Å². The van der Waals surface area contributed by atoms with E-state index in [0.717, 1.165) is 63.5 Å². The Morgan fingerprint density at radius 3 is 2.16 bits per heavy atom. The van der Waals surface area contributed by atoms with Crippen molar-refractivity contribution in [2.24, 2.45) is 0 Å². The van der Waals surface area contributed by atoms with Gasteiger partial charge in [0.05, 0.1) is 0 Å². The standard InChI is InChI=1S/C46H33N3O/c1-28-9-7-13-30-19-21-33(25-38(28)30)34-23-24-41-40(26-34)43-37(15-8-16-42(43)50-41)46-48-44(32-11-3-2-4-12-32)47-45(49-46)35-22-20-31-18-17-29-10-5-6-14-36(29)39(31)27-35/h2-8,10-16,19-28H,9,17-18H2,1H3. The van der Waals surface area contributed by atoms with Crippen LogP contribution in [-0.2, 0) is 12.8 Å². The number of benzene rings is 6. The fourth-order valence-corrected chi connectivity index (χ4v) is 7.85. The van der Waals surface area contributed by atoms with Gasteiger partial charge in [-0.2, -0.15) is 0 Å². The molecule has 4 nitrogen and oxygen atoms in total. The van der Waals surface area contributed by atoms with E-state index < -0.39 is 0 Å². The first kappa shape index (κ1) is 28.8. The molecule has 8 aromatic rings. The van der Waals surface area contributed by atoms with Gasteiger partial charge in [-0.1, -0.05) is 122 Å². The van der Waals surface area contributed by atoms with Gasteiger partial charge < -0.3 is 4.42 Å². The number of fused-ring (bicyclic) bond motifs is 7. The van der Waals surface area contributed by atoms with Crippen molar-refractivity contribution in [2.45, 2.75) is 32.1 Å². The van der Waals surface area contributed by atoms with Gasteiger partial charge in [0.25, 0.3) is 0 Å². The second kappa shape index (κ2) is 11.5. The molecule has 1 unspecified atom stereocenters. The largest absolute Gasteiger partial charge is 0.456 e. The van der Waals surface area contributed by atoms with E-state index in [-0.39, 0.29) is 0 Å². The van der Waals surface area contributed by atoms with Crippen LogP contribution in [-0.4, -0.2) is 15.0 Å². The fourth-order valence-electron chi connectivity index (χ4n) is 7.85. The fraction of sp³-hybridized carbons (Fsp3) is 0.109. The number of hydrogen-bond donors (Lipinski definition) is 0. The molecular weight excluding hydrogens is 611 g/mol. The summed E-state index contributed by atoms with van der Waals surface area (Å²) in [5.41, 5.74) is 14.9. The van der Waals surface area contributed by atoms with E-state index in [4.69, 9.17) is 19.4 Å². The molecule has 2 aliphatic rings. The van der Waals surface area contributed by atoms with Gasteiger partial charge in [-0.15, -0.1) is 0 Å². The topological polar surface area (TPSA) is 51.8 Å². The van der Waals surface area contributed by atoms with Crippen molar-refractivity contribution in [3.8, 4) is 56.4 Å². The highest BCUT2D eigenvalue weighted by Gasteiger charge is 2.21. The van der Waals surface area contributed by atoms with Gasteiger partial charge >= 0.3 is 0 Å². The molecule has 0 bridgehead atoms. The molecule has 1 atom stereocenters. The summed E-state index contributed by atoms with van der Waals surface area (Å²) in [7, 11) is 0. The third-order valence-corrected chi connectivity index (χ3v) is 10.5. The summed E-state index contributed by atoms with van der Waals surface area (Å²) in [6.07, 6.45) is 7.68. The molecule has 4 heteroatoms. The molecule has 6 aromatic carbocycles. The number of furan rings is 1. The second-order valence-corrected chi connectivity index (χ2v) is 13.6. The Hall–Kier alpha value is -6.13. The molecule has 10 rings (SSSR count). The lowest BCUT2D eigenvalue weighted by molar-refractivity contribution is 0.669. The van der Waals surface area contributed by atoms with Gasteiger partial charge in [-0.25, -0.2) is 15.0 Å². The van der Waals surface area contributed by atoms with Crippen molar-refractivity contribution in [3.63, 3.8) is 0 Å². The van der Waals surface area contributed by atoms with Crippen molar-refractivity contribution in [2.75, 3.05) is 0 Å². The average Bonchev–Trinajstić information content (AvgIpc) is 3.56. The normalized spacial score (nSPS) is 14.8. The Kier molecular flexibility index (Phi) is 6.63.